The fraction of sp³-hybridized carbons (Fsp3) is 0.355. The lowest BCUT2D eigenvalue weighted by molar-refractivity contribution is -0.139. The minimum atomic E-state index is -4.08. The highest BCUT2D eigenvalue weighted by Crippen LogP contribution is 2.28. The summed E-state index contributed by atoms with van der Waals surface area (Å²) in [7, 11) is -4.08. The maximum atomic E-state index is 14.0. The number of nitrogens with zero attached hydrogens (tertiary/aromatic N) is 2. The maximum Gasteiger partial charge on any atom is 0.264 e. The van der Waals surface area contributed by atoms with Crippen LogP contribution in [0.25, 0.3) is 0 Å². The highest BCUT2D eigenvalue weighted by molar-refractivity contribution is 7.92. The lowest BCUT2D eigenvalue weighted by Crippen LogP contribution is -2.52. The molecule has 1 N–H and O–H groups in total. The third kappa shape index (κ3) is 7.47. The Labute approximate surface area is 232 Å². The van der Waals surface area contributed by atoms with Gasteiger partial charge in [-0.3, -0.25) is 13.9 Å². The van der Waals surface area contributed by atoms with Crippen molar-refractivity contribution in [2.45, 2.75) is 71.0 Å². The van der Waals surface area contributed by atoms with Gasteiger partial charge < -0.3 is 10.2 Å². The molecule has 0 aliphatic carbocycles. The van der Waals surface area contributed by atoms with Crippen molar-refractivity contribution in [2.24, 2.45) is 0 Å². The molecule has 39 heavy (non-hydrogen) atoms. The van der Waals surface area contributed by atoms with Crippen molar-refractivity contribution < 1.29 is 18.0 Å². The van der Waals surface area contributed by atoms with Gasteiger partial charge in [-0.15, -0.1) is 0 Å². The number of hydrogen-bond donors (Lipinski definition) is 1. The highest BCUT2D eigenvalue weighted by atomic mass is 32.2. The fourth-order valence-corrected chi connectivity index (χ4v) is 5.81. The number of carbonyl (C=O) groups is 2. The molecule has 0 aromatic heterocycles. The van der Waals surface area contributed by atoms with Crippen LogP contribution in [-0.4, -0.2) is 43.8 Å². The molecule has 8 heteroatoms. The molecule has 0 heterocycles. The number of benzene rings is 3. The van der Waals surface area contributed by atoms with E-state index in [0.29, 0.717) is 12.1 Å². The van der Waals surface area contributed by atoms with Gasteiger partial charge >= 0.3 is 0 Å². The van der Waals surface area contributed by atoms with Gasteiger partial charge in [0, 0.05) is 12.6 Å². The van der Waals surface area contributed by atoms with Crippen molar-refractivity contribution >= 4 is 27.5 Å². The summed E-state index contributed by atoms with van der Waals surface area (Å²) in [6, 6.07) is 22.2. The molecule has 0 aliphatic heterocycles. The first kappa shape index (κ1) is 29.9. The quantitative estimate of drug-likeness (QED) is 0.341. The highest BCUT2D eigenvalue weighted by Gasteiger charge is 2.33. The predicted octanol–water partition coefficient (Wildman–Crippen LogP) is 5.08. The summed E-state index contributed by atoms with van der Waals surface area (Å²) in [5.74, 6) is -0.745. The van der Waals surface area contributed by atoms with Crippen LogP contribution in [-0.2, 0) is 32.6 Å². The van der Waals surface area contributed by atoms with E-state index in [4.69, 9.17) is 0 Å². The van der Waals surface area contributed by atoms with E-state index in [1.807, 2.05) is 64.1 Å². The molecule has 208 valence electrons. The molecule has 0 radical (unpaired) electrons. The van der Waals surface area contributed by atoms with Gasteiger partial charge in [0.25, 0.3) is 10.0 Å². The topological polar surface area (TPSA) is 86.8 Å². The van der Waals surface area contributed by atoms with Gasteiger partial charge in [0.15, 0.2) is 0 Å². The number of carbonyl (C=O) groups excluding carboxylic acids is 2. The zero-order valence-electron chi connectivity index (χ0n) is 23.4. The monoisotopic (exact) mass is 549 g/mol. The average Bonchev–Trinajstić information content (AvgIpc) is 2.94. The summed E-state index contributed by atoms with van der Waals surface area (Å²) in [5.41, 5.74) is 3.14. The van der Waals surface area contributed by atoms with Crippen LogP contribution in [0.1, 0.15) is 50.8 Å². The Hall–Kier alpha value is -3.65. The van der Waals surface area contributed by atoms with Gasteiger partial charge in [-0.05, 0) is 62.9 Å². The van der Waals surface area contributed by atoms with E-state index in [2.05, 4.69) is 5.32 Å². The summed E-state index contributed by atoms with van der Waals surface area (Å²) >= 11 is 0. The zero-order chi connectivity index (χ0) is 28.6. The van der Waals surface area contributed by atoms with Gasteiger partial charge in [-0.1, -0.05) is 80.1 Å². The van der Waals surface area contributed by atoms with Crippen LogP contribution in [0.4, 0.5) is 5.69 Å². The van der Waals surface area contributed by atoms with Gasteiger partial charge in [0.1, 0.15) is 12.6 Å². The Kier molecular flexibility index (Phi) is 10.3. The Morgan fingerprint density at radius 3 is 2.21 bits per heavy atom. The summed E-state index contributed by atoms with van der Waals surface area (Å²) in [5, 5.41) is 2.96. The molecular weight excluding hydrogens is 510 g/mol. The van der Waals surface area contributed by atoms with E-state index < -0.39 is 28.5 Å². The molecule has 0 bridgehead atoms. The van der Waals surface area contributed by atoms with Crippen molar-refractivity contribution in [1.82, 2.24) is 10.2 Å². The number of aryl methyl sites for hydroxylation is 2. The second-order valence-electron chi connectivity index (χ2n) is 9.81. The predicted molar refractivity (Wildman–Crippen MR) is 156 cm³/mol. The molecule has 0 unspecified atom stereocenters. The molecule has 3 aromatic carbocycles. The second-order valence-corrected chi connectivity index (χ2v) is 11.7. The van der Waals surface area contributed by atoms with Crippen LogP contribution in [0.15, 0.2) is 83.8 Å². The van der Waals surface area contributed by atoms with Gasteiger partial charge in [0.05, 0.1) is 10.6 Å². The van der Waals surface area contributed by atoms with E-state index in [-0.39, 0.29) is 23.4 Å². The summed E-state index contributed by atoms with van der Waals surface area (Å²) in [4.78, 5) is 28.7. The molecular formula is C31H39N3O4S. The normalized spacial score (nSPS) is 12.8. The molecule has 7 nitrogen and oxygen atoms in total. The van der Waals surface area contributed by atoms with E-state index in [9.17, 15) is 18.0 Å². The summed E-state index contributed by atoms with van der Waals surface area (Å²) < 4.78 is 29.0. The number of rotatable bonds is 12. The molecule has 0 fully saturated rings. The number of anilines is 1. The number of sulfonamides is 1. The number of amides is 2. The van der Waals surface area contributed by atoms with Gasteiger partial charge in [-0.2, -0.15) is 0 Å². The zero-order valence-corrected chi connectivity index (χ0v) is 24.2. The summed E-state index contributed by atoms with van der Waals surface area (Å²) in [6.07, 6.45) is 1.34. The number of nitrogens with one attached hydrogen (secondary N) is 1. The average molecular weight is 550 g/mol. The minimum Gasteiger partial charge on any atom is -0.352 e. The Morgan fingerprint density at radius 2 is 1.56 bits per heavy atom. The molecule has 0 spiro atoms. The van der Waals surface area contributed by atoms with E-state index >= 15 is 0 Å². The summed E-state index contributed by atoms with van der Waals surface area (Å²) in [6.45, 7) is 9.20. The smallest absolute Gasteiger partial charge is 0.264 e. The largest absolute Gasteiger partial charge is 0.352 e. The van der Waals surface area contributed by atoms with Crippen LogP contribution in [0.2, 0.25) is 0 Å². The van der Waals surface area contributed by atoms with Crippen molar-refractivity contribution in [2.75, 3.05) is 10.8 Å². The molecule has 0 aliphatic rings. The Morgan fingerprint density at radius 1 is 0.897 bits per heavy atom. The third-order valence-electron chi connectivity index (χ3n) is 6.86. The molecule has 2 amide bonds. The van der Waals surface area contributed by atoms with Crippen molar-refractivity contribution in [3.8, 4) is 0 Å². The fourth-order valence-electron chi connectivity index (χ4n) is 4.34. The molecule has 2 atom stereocenters. The molecule has 0 saturated carbocycles. The van der Waals surface area contributed by atoms with E-state index in [1.165, 1.54) is 21.3 Å². The maximum absolute atomic E-state index is 14.0. The lowest BCUT2D eigenvalue weighted by atomic mass is 10.1. The first-order chi connectivity index (χ1) is 18.6. The van der Waals surface area contributed by atoms with Gasteiger partial charge in [-0.25, -0.2) is 8.42 Å². The standard InChI is InChI=1S/C31H39N3O4S/c1-6-24(4)32-31(36)25(5)33(21-26-15-13-14-23(3)20-26)30(35)22-34(29-19-12-11-16-27(29)7-2)39(37,38)28-17-9-8-10-18-28/h8-20,24-25H,6-7,21-22H2,1-5H3,(H,32,36)/t24-,25-/m1/s1. The Bertz CT molecular complexity index is 1380. The van der Waals surface area contributed by atoms with Crippen LogP contribution in [0.3, 0.4) is 0 Å². The number of para-hydroxylation sites is 1. The van der Waals surface area contributed by atoms with Crippen molar-refractivity contribution in [3.63, 3.8) is 0 Å². The third-order valence-corrected chi connectivity index (χ3v) is 8.63. The van der Waals surface area contributed by atoms with Crippen LogP contribution in [0.5, 0.6) is 0 Å². The SMILES string of the molecule is CCc1ccccc1N(CC(=O)N(Cc1cccc(C)c1)[C@H](C)C(=O)N[C@H](C)CC)S(=O)(=O)c1ccccc1. The molecule has 3 aromatic rings. The van der Waals surface area contributed by atoms with E-state index in [0.717, 1.165) is 23.1 Å². The van der Waals surface area contributed by atoms with Crippen molar-refractivity contribution in [3.05, 3.63) is 95.6 Å². The van der Waals surface area contributed by atoms with Crippen LogP contribution >= 0.6 is 0 Å². The molecule has 0 saturated heterocycles. The van der Waals surface area contributed by atoms with Crippen LogP contribution in [0, 0.1) is 6.92 Å². The molecule has 3 rings (SSSR count). The second kappa shape index (κ2) is 13.4. The number of hydrogen-bond acceptors (Lipinski definition) is 4. The lowest BCUT2D eigenvalue weighted by Gasteiger charge is -2.33. The van der Waals surface area contributed by atoms with Crippen molar-refractivity contribution in [1.29, 1.82) is 0 Å². The van der Waals surface area contributed by atoms with E-state index in [1.54, 1.807) is 37.3 Å². The Balaban J connectivity index is 2.05. The first-order valence-electron chi connectivity index (χ1n) is 13.4. The van der Waals surface area contributed by atoms with Gasteiger partial charge in [0.2, 0.25) is 11.8 Å². The minimum absolute atomic E-state index is 0.0535. The van der Waals surface area contributed by atoms with Crippen LogP contribution < -0.4 is 9.62 Å². The first-order valence-corrected chi connectivity index (χ1v) is 14.8.